The summed E-state index contributed by atoms with van der Waals surface area (Å²) >= 11 is 0. The van der Waals surface area contributed by atoms with E-state index in [1.807, 2.05) is 12.1 Å². The molecule has 0 aliphatic carbocycles. The maximum atomic E-state index is 14.6. The van der Waals surface area contributed by atoms with Gasteiger partial charge in [-0.25, -0.2) is 4.39 Å². The van der Waals surface area contributed by atoms with Gasteiger partial charge in [0.15, 0.2) is 5.82 Å². The van der Waals surface area contributed by atoms with Crippen LogP contribution in [0.2, 0.25) is 0 Å². The number of hydrogen-bond donors (Lipinski definition) is 1. The van der Waals surface area contributed by atoms with Gasteiger partial charge in [-0.15, -0.1) is 10.2 Å². The number of aliphatic hydroxyl groups excluding tert-OH is 1. The minimum absolute atomic E-state index is 0.126. The molecule has 3 heterocycles. The minimum atomic E-state index is -0.910. The summed E-state index contributed by atoms with van der Waals surface area (Å²) in [7, 11) is 1.49. The van der Waals surface area contributed by atoms with E-state index >= 15 is 0 Å². The molecule has 0 saturated carbocycles. The maximum Gasteiger partial charge on any atom is 0.162 e. The van der Waals surface area contributed by atoms with Crippen LogP contribution < -0.4 is 14.5 Å². The van der Waals surface area contributed by atoms with Gasteiger partial charge in [0.05, 0.1) is 26.4 Å². The van der Waals surface area contributed by atoms with E-state index in [-0.39, 0.29) is 5.92 Å². The van der Waals surface area contributed by atoms with Gasteiger partial charge in [-0.3, -0.25) is 0 Å². The number of halogens is 1. The lowest BCUT2D eigenvalue weighted by Gasteiger charge is -2.36. The number of rotatable bonds is 5. The van der Waals surface area contributed by atoms with Crippen LogP contribution in [0.15, 0.2) is 36.4 Å². The number of benzene rings is 2. The molecule has 174 valence electrons. The van der Waals surface area contributed by atoms with Crippen molar-refractivity contribution in [1.29, 1.82) is 0 Å². The van der Waals surface area contributed by atoms with Crippen molar-refractivity contribution in [1.82, 2.24) is 15.4 Å². The summed E-state index contributed by atoms with van der Waals surface area (Å²) in [5.41, 5.74) is 2.18. The zero-order valence-corrected chi connectivity index (χ0v) is 18.7. The van der Waals surface area contributed by atoms with Gasteiger partial charge >= 0.3 is 0 Å². The molecule has 1 N–H and O–H groups in total. The third kappa shape index (κ3) is 4.43. The first kappa shape index (κ1) is 21.8. The van der Waals surface area contributed by atoms with Gasteiger partial charge in [0.25, 0.3) is 0 Å². The number of piperidine rings is 1. The zero-order chi connectivity index (χ0) is 22.8. The van der Waals surface area contributed by atoms with Crippen molar-refractivity contribution < 1.29 is 19.0 Å². The first-order valence-corrected chi connectivity index (χ1v) is 11.4. The van der Waals surface area contributed by atoms with Gasteiger partial charge in [-0.1, -0.05) is 0 Å². The first-order valence-electron chi connectivity index (χ1n) is 11.4. The Morgan fingerprint density at radius 3 is 2.73 bits per heavy atom. The molecule has 0 unspecified atom stereocenters. The van der Waals surface area contributed by atoms with Gasteiger partial charge in [-0.05, 0) is 48.4 Å². The summed E-state index contributed by atoms with van der Waals surface area (Å²) < 4.78 is 25.1. The van der Waals surface area contributed by atoms with E-state index in [1.165, 1.54) is 13.2 Å². The number of fused-ring (bicyclic) bond motifs is 1. The Bertz CT molecular complexity index is 1120. The zero-order valence-electron chi connectivity index (χ0n) is 18.7. The molecule has 9 heteroatoms. The Kier molecular flexibility index (Phi) is 6.24. The molecule has 2 saturated heterocycles. The van der Waals surface area contributed by atoms with Crippen LogP contribution in [-0.4, -0.2) is 67.0 Å². The Morgan fingerprint density at radius 2 is 1.94 bits per heavy atom. The van der Waals surface area contributed by atoms with Crippen molar-refractivity contribution >= 4 is 22.4 Å². The van der Waals surface area contributed by atoms with Crippen LogP contribution in [-0.2, 0) is 4.74 Å². The number of methoxy groups -OCH3 is 1. The summed E-state index contributed by atoms with van der Waals surface area (Å²) in [6.07, 6.45) is 0.769. The average Bonchev–Trinajstić information content (AvgIpc) is 2.88. The Hall–Kier alpha value is -3.04. The van der Waals surface area contributed by atoms with E-state index in [1.54, 1.807) is 12.1 Å². The number of ether oxygens (including phenoxy) is 2. The summed E-state index contributed by atoms with van der Waals surface area (Å²) in [6.45, 7) is 4.50. The Labute approximate surface area is 191 Å². The third-order valence-corrected chi connectivity index (χ3v) is 6.62. The average molecular weight is 454 g/mol. The van der Waals surface area contributed by atoms with Gasteiger partial charge in [0, 0.05) is 54.8 Å². The predicted octanol–water partition coefficient (Wildman–Crippen LogP) is 2.96. The topological polar surface area (TPSA) is 83.8 Å². The molecule has 1 aromatic heterocycles. The molecule has 0 radical (unpaired) electrons. The van der Waals surface area contributed by atoms with Gasteiger partial charge < -0.3 is 24.4 Å². The third-order valence-electron chi connectivity index (χ3n) is 6.62. The summed E-state index contributed by atoms with van der Waals surface area (Å²) in [5, 5.41) is 24.5. The molecule has 2 aliphatic rings. The van der Waals surface area contributed by atoms with E-state index < -0.39 is 11.9 Å². The van der Waals surface area contributed by atoms with Crippen molar-refractivity contribution in [2.75, 3.05) is 56.3 Å². The van der Waals surface area contributed by atoms with E-state index in [2.05, 4.69) is 31.3 Å². The maximum absolute atomic E-state index is 14.6. The monoisotopic (exact) mass is 453 g/mol. The van der Waals surface area contributed by atoms with Crippen molar-refractivity contribution in [2.24, 2.45) is 5.92 Å². The van der Waals surface area contributed by atoms with Crippen LogP contribution in [0.1, 0.15) is 24.5 Å². The van der Waals surface area contributed by atoms with Crippen LogP contribution in [0.5, 0.6) is 5.75 Å². The number of aliphatic hydroxyl groups is 1. The number of aromatic nitrogens is 3. The quantitative estimate of drug-likeness (QED) is 0.631. The highest BCUT2D eigenvalue weighted by Gasteiger charge is 2.30. The number of nitrogens with zero attached hydrogens (tertiary/aromatic N) is 5. The van der Waals surface area contributed by atoms with Crippen molar-refractivity contribution in [3.05, 3.63) is 47.8 Å². The standard InChI is InChI=1S/C24H28FN5O3/c1-32-18-5-7-19(21(25)14-18)23(31)16-3-2-8-30(15-16)24-20-6-4-17(13-22(20)26-28-27-24)29-9-11-33-12-10-29/h4-7,13-14,16,23,31H,2-3,8-12,15H2,1H3/t16-,23-/m0/s1. The lowest BCUT2D eigenvalue weighted by atomic mass is 9.88. The highest BCUT2D eigenvalue weighted by Crippen LogP contribution is 2.35. The normalized spacial score (nSPS) is 20.2. The van der Waals surface area contributed by atoms with Gasteiger partial charge in [0.2, 0.25) is 0 Å². The van der Waals surface area contributed by atoms with Crippen LogP contribution in [0.4, 0.5) is 15.9 Å². The number of hydrogen-bond acceptors (Lipinski definition) is 8. The fourth-order valence-corrected chi connectivity index (χ4v) is 4.80. The second kappa shape index (κ2) is 9.44. The summed E-state index contributed by atoms with van der Waals surface area (Å²) in [4.78, 5) is 4.41. The lowest BCUT2D eigenvalue weighted by Crippen LogP contribution is -2.39. The Balaban J connectivity index is 1.38. The number of morpholine rings is 1. The van der Waals surface area contributed by atoms with Crippen LogP contribution in [0.3, 0.4) is 0 Å². The second-order valence-corrected chi connectivity index (χ2v) is 8.59. The van der Waals surface area contributed by atoms with Crippen LogP contribution in [0.25, 0.3) is 10.9 Å². The fraction of sp³-hybridized carbons (Fsp3) is 0.458. The van der Waals surface area contributed by atoms with Crippen molar-refractivity contribution in [2.45, 2.75) is 18.9 Å². The highest BCUT2D eigenvalue weighted by atomic mass is 19.1. The summed E-state index contributed by atoms with van der Waals surface area (Å²) in [6, 6.07) is 10.8. The van der Waals surface area contributed by atoms with E-state index in [9.17, 15) is 9.50 Å². The largest absolute Gasteiger partial charge is 0.497 e. The van der Waals surface area contributed by atoms with Gasteiger partial charge in [-0.2, -0.15) is 0 Å². The number of anilines is 2. The molecular formula is C24H28FN5O3. The molecule has 33 heavy (non-hydrogen) atoms. The molecule has 3 aromatic rings. The minimum Gasteiger partial charge on any atom is -0.497 e. The molecule has 2 aromatic carbocycles. The first-order chi connectivity index (χ1) is 16.1. The van der Waals surface area contributed by atoms with E-state index in [0.29, 0.717) is 17.9 Å². The molecule has 2 fully saturated rings. The molecule has 5 rings (SSSR count). The van der Waals surface area contributed by atoms with Crippen molar-refractivity contribution in [3.8, 4) is 5.75 Å². The van der Waals surface area contributed by atoms with E-state index in [4.69, 9.17) is 9.47 Å². The molecule has 2 aliphatic heterocycles. The smallest absolute Gasteiger partial charge is 0.162 e. The molecule has 2 atom stereocenters. The lowest BCUT2D eigenvalue weighted by molar-refractivity contribution is 0.0944. The highest BCUT2D eigenvalue weighted by molar-refractivity contribution is 5.91. The SMILES string of the molecule is COc1ccc([C@@H](O)[C@H]2CCCN(c3nnnc4cc(N5CCOCC5)ccc34)C2)c(F)c1. The van der Waals surface area contributed by atoms with E-state index in [0.717, 1.165) is 68.1 Å². The summed E-state index contributed by atoms with van der Waals surface area (Å²) in [5.74, 6) is 0.604. The van der Waals surface area contributed by atoms with Crippen LogP contribution in [0, 0.1) is 11.7 Å². The Morgan fingerprint density at radius 1 is 1.09 bits per heavy atom. The van der Waals surface area contributed by atoms with Crippen molar-refractivity contribution in [3.63, 3.8) is 0 Å². The fourth-order valence-electron chi connectivity index (χ4n) is 4.80. The molecule has 0 amide bonds. The predicted molar refractivity (Wildman–Crippen MR) is 123 cm³/mol. The van der Waals surface area contributed by atoms with Gasteiger partial charge in [0.1, 0.15) is 17.1 Å². The molecule has 8 nitrogen and oxygen atoms in total. The molecule has 0 bridgehead atoms. The molecule has 0 spiro atoms. The molecular weight excluding hydrogens is 425 g/mol. The second-order valence-electron chi connectivity index (χ2n) is 8.59. The van der Waals surface area contributed by atoms with Crippen LogP contribution >= 0.6 is 0 Å².